The predicted molar refractivity (Wildman–Crippen MR) is 127 cm³/mol. The molecule has 2 amide bonds. The largest absolute Gasteiger partial charge is 0.467 e. The van der Waals surface area contributed by atoms with Crippen molar-refractivity contribution in [3.63, 3.8) is 0 Å². The van der Waals surface area contributed by atoms with E-state index in [1.165, 1.54) is 12.1 Å². The number of esters is 1. The molecule has 2 atom stereocenters. The Morgan fingerprint density at radius 3 is 1.81 bits per heavy atom. The summed E-state index contributed by atoms with van der Waals surface area (Å²) in [7, 11) is 1.14. The van der Waals surface area contributed by atoms with Crippen molar-refractivity contribution >= 4 is 18.0 Å². The van der Waals surface area contributed by atoms with Crippen LogP contribution in [-0.2, 0) is 38.1 Å². The second kappa shape index (κ2) is 11.9. The molecule has 2 unspecified atom stereocenters. The normalized spacial score (nSPS) is 13.3. The highest BCUT2D eigenvalue weighted by Gasteiger charge is 2.31. The molecule has 36 heavy (non-hydrogen) atoms. The van der Waals surface area contributed by atoms with Crippen molar-refractivity contribution in [2.24, 2.45) is 0 Å². The molecule has 0 aliphatic carbocycles. The zero-order valence-electron chi connectivity index (χ0n) is 20.9. The third kappa shape index (κ3) is 9.24. The van der Waals surface area contributed by atoms with Crippen LogP contribution in [-0.4, -0.2) is 42.8 Å². The third-order valence-corrected chi connectivity index (χ3v) is 5.09. The van der Waals surface area contributed by atoms with E-state index in [-0.39, 0.29) is 12.8 Å². The third-order valence-electron chi connectivity index (χ3n) is 5.09. The molecule has 0 radical (unpaired) electrons. The molecule has 0 fully saturated rings. The average molecular weight is 509 g/mol. The second-order valence-corrected chi connectivity index (χ2v) is 9.37. The molecule has 0 aliphatic rings. The fourth-order valence-corrected chi connectivity index (χ4v) is 3.29. The number of halogens is 3. The van der Waals surface area contributed by atoms with Crippen LogP contribution in [0.5, 0.6) is 0 Å². The number of aryl methyl sites for hydroxylation is 1. The van der Waals surface area contributed by atoms with Crippen molar-refractivity contribution in [3.05, 3.63) is 70.8 Å². The SMILES string of the molecule is COC(=O)C(Cc1ccc(C(F)(F)F)cc1)NC(=O)C(Cc1ccc(C)cc1)NC(=O)OC(C)(C)C. The zero-order valence-corrected chi connectivity index (χ0v) is 20.9. The lowest BCUT2D eigenvalue weighted by Crippen LogP contribution is -2.53. The van der Waals surface area contributed by atoms with Crippen molar-refractivity contribution in [1.29, 1.82) is 0 Å². The summed E-state index contributed by atoms with van der Waals surface area (Å²) in [6.45, 7) is 6.95. The minimum Gasteiger partial charge on any atom is -0.467 e. The number of alkyl carbamates (subject to hydrolysis) is 1. The summed E-state index contributed by atoms with van der Waals surface area (Å²) >= 11 is 0. The Morgan fingerprint density at radius 2 is 1.33 bits per heavy atom. The highest BCUT2D eigenvalue weighted by molar-refractivity contribution is 5.90. The highest BCUT2D eigenvalue weighted by Crippen LogP contribution is 2.29. The summed E-state index contributed by atoms with van der Waals surface area (Å²) in [5.41, 5.74) is 0.529. The fraction of sp³-hybridized carbons (Fsp3) is 0.423. The molecule has 0 aliphatic heterocycles. The maximum Gasteiger partial charge on any atom is 0.416 e. The Balaban J connectivity index is 2.23. The number of rotatable bonds is 8. The Hall–Kier alpha value is -3.56. The van der Waals surface area contributed by atoms with Crippen LogP contribution in [0.2, 0.25) is 0 Å². The van der Waals surface area contributed by atoms with Gasteiger partial charge < -0.3 is 20.1 Å². The Kier molecular flexibility index (Phi) is 9.49. The molecule has 0 bridgehead atoms. The van der Waals surface area contributed by atoms with Gasteiger partial charge in [-0.05, 0) is 51.0 Å². The van der Waals surface area contributed by atoms with E-state index in [9.17, 15) is 27.6 Å². The lowest BCUT2D eigenvalue weighted by molar-refractivity contribution is -0.145. The Bertz CT molecular complexity index is 1050. The van der Waals surface area contributed by atoms with Gasteiger partial charge in [0.1, 0.15) is 17.7 Å². The van der Waals surface area contributed by atoms with Crippen molar-refractivity contribution in [1.82, 2.24) is 10.6 Å². The molecule has 7 nitrogen and oxygen atoms in total. The van der Waals surface area contributed by atoms with Crippen molar-refractivity contribution in [2.45, 2.75) is 64.4 Å². The van der Waals surface area contributed by atoms with Crippen LogP contribution < -0.4 is 10.6 Å². The topological polar surface area (TPSA) is 93.7 Å². The van der Waals surface area contributed by atoms with Gasteiger partial charge in [0.25, 0.3) is 0 Å². The molecular weight excluding hydrogens is 477 g/mol. The minimum atomic E-state index is -4.50. The van der Waals surface area contributed by atoms with E-state index < -0.39 is 47.4 Å². The number of benzene rings is 2. The molecule has 0 heterocycles. The summed E-state index contributed by atoms with van der Waals surface area (Å²) in [5.74, 6) is -1.46. The van der Waals surface area contributed by atoms with Crippen molar-refractivity contribution in [3.8, 4) is 0 Å². The van der Waals surface area contributed by atoms with Crippen LogP contribution in [0, 0.1) is 6.92 Å². The standard InChI is InChI=1S/C26H31F3N2O5/c1-16-6-8-17(9-7-16)14-20(31-24(34)36-25(2,3)4)22(32)30-21(23(33)35-5)15-18-10-12-19(13-11-18)26(27,28)29/h6-13,20-21H,14-15H2,1-5H3,(H,30,32)(H,31,34). The first-order valence-electron chi connectivity index (χ1n) is 11.3. The first-order valence-corrected chi connectivity index (χ1v) is 11.3. The molecule has 2 rings (SSSR count). The van der Waals surface area contributed by atoms with Gasteiger partial charge in [-0.1, -0.05) is 42.0 Å². The van der Waals surface area contributed by atoms with Gasteiger partial charge in [0.15, 0.2) is 0 Å². The van der Waals surface area contributed by atoms with E-state index in [0.717, 1.165) is 30.4 Å². The fourth-order valence-electron chi connectivity index (χ4n) is 3.29. The van der Waals surface area contributed by atoms with Gasteiger partial charge in [0.2, 0.25) is 5.91 Å². The van der Waals surface area contributed by atoms with Gasteiger partial charge in [-0.25, -0.2) is 9.59 Å². The number of amides is 2. The van der Waals surface area contributed by atoms with E-state index in [0.29, 0.717) is 5.56 Å². The molecule has 196 valence electrons. The van der Waals surface area contributed by atoms with Crippen LogP contribution in [0.1, 0.15) is 43.0 Å². The maximum atomic E-state index is 13.2. The van der Waals surface area contributed by atoms with Crippen LogP contribution >= 0.6 is 0 Å². The molecule has 2 aromatic carbocycles. The number of nitrogens with one attached hydrogen (secondary N) is 2. The highest BCUT2D eigenvalue weighted by atomic mass is 19.4. The Morgan fingerprint density at radius 1 is 0.833 bits per heavy atom. The number of ether oxygens (including phenoxy) is 2. The molecule has 0 spiro atoms. The molecular formula is C26H31F3N2O5. The molecule has 2 N–H and O–H groups in total. The van der Waals surface area contributed by atoms with Crippen LogP contribution in [0.15, 0.2) is 48.5 Å². The van der Waals surface area contributed by atoms with E-state index in [1.807, 2.05) is 31.2 Å². The van der Waals surface area contributed by atoms with Gasteiger partial charge in [-0.15, -0.1) is 0 Å². The molecule has 0 saturated heterocycles. The van der Waals surface area contributed by atoms with Gasteiger partial charge in [0, 0.05) is 12.8 Å². The van der Waals surface area contributed by atoms with Crippen molar-refractivity contribution < 1.29 is 37.0 Å². The summed E-state index contributed by atoms with van der Waals surface area (Å²) < 4.78 is 48.6. The van der Waals surface area contributed by atoms with E-state index in [2.05, 4.69) is 10.6 Å². The minimum absolute atomic E-state index is 0.111. The van der Waals surface area contributed by atoms with E-state index >= 15 is 0 Å². The van der Waals surface area contributed by atoms with Gasteiger partial charge in [-0.3, -0.25) is 4.79 Å². The quantitative estimate of drug-likeness (QED) is 0.517. The van der Waals surface area contributed by atoms with Gasteiger partial charge in [-0.2, -0.15) is 13.2 Å². The second-order valence-electron chi connectivity index (χ2n) is 9.37. The molecule has 10 heteroatoms. The van der Waals surface area contributed by atoms with Gasteiger partial charge >= 0.3 is 18.2 Å². The van der Waals surface area contributed by atoms with Crippen LogP contribution in [0.25, 0.3) is 0 Å². The van der Waals surface area contributed by atoms with Crippen LogP contribution in [0.3, 0.4) is 0 Å². The van der Waals surface area contributed by atoms with Crippen LogP contribution in [0.4, 0.5) is 18.0 Å². The Labute approximate surface area is 208 Å². The van der Waals surface area contributed by atoms with E-state index in [4.69, 9.17) is 9.47 Å². The summed E-state index contributed by atoms with van der Waals surface area (Å²) in [4.78, 5) is 38.0. The number of hydrogen-bond acceptors (Lipinski definition) is 5. The zero-order chi connectivity index (χ0) is 27.1. The van der Waals surface area contributed by atoms with Gasteiger partial charge in [0.05, 0.1) is 12.7 Å². The maximum absolute atomic E-state index is 13.2. The smallest absolute Gasteiger partial charge is 0.416 e. The number of methoxy groups -OCH3 is 1. The van der Waals surface area contributed by atoms with Crippen molar-refractivity contribution in [2.75, 3.05) is 7.11 Å². The summed E-state index contributed by atoms with van der Waals surface area (Å²) in [6.07, 6.45) is -5.31. The summed E-state index contributed by atoms with van der Waals surface area (Å²) in [6, 6.07) is 9.31. The predicted octanol–water partition coefficient (Wildman–Crippen LogP) is 4.35. The number of carbonyl (C=O) groups is 3. The average Bonchev–Trinajstić information content (AvgIpc) is 2.77. The summed E-state index contributed by atoms with van der Waals surface area (Å²) in [5, 5.41) is 5.09. The number of alkyl halides is 3. The lowest BCUT2D eigenvalue weighted by Gasteiger charge is -2.25. The lowest BCUT2D eigenvalue weighted by atomic mass is 10.0. The molecule has 2 aromatic rings. The van der Waals surface area contributed by atoms with E-state index in [1.54, 1.807) is 20.8 Å². The first kappa shape index (κ1) is 28.7. The molecule has 0 aromatic heterocycles. The number of hydrogen-bond donors (Lipinski definition) is 2. The molecule has 0 saturated carbocycles. The first-order chi connectivity index (χ1) is 16.7. The number of carbonyl (C=O) groups excluding carboxylic acids is 3. The monoisotopic (exact) mass is 508 g/mol.